The number of aryl methyl sites for hydroxylation is 1. The zero-order valence-electron chi connectivity index (χ0n) is 14.2. The minimum atomic E-state index is 0.186. The lowest BCUT2D eigenvalue weighted by Gasteiger charge is -2.35. The Morgan fingerprint density at radius 2 is 2.17 bits per heavy atom. The number of piperidine rings is 1. The maximum atomic E-state index is 12.6. The number of amides is 1. The number of carbonyl (C=O) groups excluding carboxylic acids is 1. The third-order valence-corrected chi connectivity index (χ3v) is 5.43. The number of para-hydroxylation sites is 1. The maximum absolute atomic E-state index is 12.6. The summed E-state index contributed by atoms with van der Waals surface area (Å²) in [6, 6.07) is 8.34. The zero-order chi connectivity index (χ0) is 16.9. The summed E-state index contributed by atoms with van der Waals surface area (Å²) in [5, 5.41) is 12.6. The number of nitrogens with zero attached hydrogens (tertiary/aromatic N) is 5. The van der Waals surface area contributed by atoms with Crippen molar-refractivity contribution in [1.82, 2.24) is 25.1 Å². The summed E-state index contributed by atoms with van der Waals surface area (Å²) in [6.45, 7) is 5.05. The van der Waals surface area contributed by atoms with Crippen molar-refractivity contribution in [3.63, 3.8) is 0 Å². The molecule has 7 heteroatoms. The second-order valence-electron chi connectivity index (χ2n) is 6.09. The van der Waals surface area contributed by atoms with Crippen molar-refractivity contribution in [2.75, 3.05) is 12.3 Å². The van der Waals surface area contributed by atoms with Crippen LogP contribution >= 0.6 is 11.8 Å². The van der Waals surface area contributed by atoms with Gasteiger partial charge in [-0.2, -0.15) is 4.68 Å². The number of likely N-dealkylation sites (tertiary alicyclic amines) is 1. The molecule has 1 aromatic heterocycles. The van der Waals surface area contributed by atoms with E-state index in [-0.39, 0.29) is 5.91 Å². The predicted octanol–water partition coefficient (Wildman–Crippen LogP) is 2.85. The Labute approximate surface area is 146 Å². The highest BCUT2D eigenvalue weighted by atomic mass is 32.2. The Morgan fingerprint density at radius 1 is 1.33 bits per heavy atom. The fraction of sp³-hybridized carbons (Fsp3) is 0.529. The molecule has 1 aromatic carbocycles. The van der Waals surface area contributed by atoms with Crippen molar-refractivity contribution in [2.45, 2.75) is 50.7 Å². The van der Waals surface area contributed by atoms with Crippen LogP contribution in [0.5, 0.6) is 0 Å². The van der Waals surface area contributed by atoms with Gasteiger partial charge in [0, 0.05) is 12.6 Å². The molecule has 2 heterocycles. The molecule has 1 aliphatic heterocycles. The summed E-state index contributed by atoms with van der Waals surface area (Å²) in [5.41, 5.74) is 2.04. The number of rotatable bonds is 5. The summed E-state index contributed by atoms with van der Waals surface area (Å²) >= 11 is 1.41. The molecule has 1 saturated heterocycles. The molecule has 0 radical (unpaired) electrons. The predicted molar refractivity (Wildman–Crippen MR) is 94.3 cm³/mol. The Morgan fingerprint density at radius 3 is 2.96 bits per heavy atom. The van der Waals surface area contributed by atoms with Crippen LogP contribution < -0.4 is 0 Å². The Bertz CT molecular complexity index is 702. The van der Waals surface area contributed by atoms with Crippen LogP contribution in [0.4, 0.5) is 0 Å². The van der Waals surface area contributed by atoms with Gasteiger partial charge in [-0.25, -0.2) is 0 Å². The van der Waals surface area contributed by atoms with Gasteiger partial charge in [-0.15, -0.1) is 5.10 Å². The standard InChI is InChI=1S/C17H23N5OS/c1-3-14-9-6-7-11-21(14)16(23)12-24-17-18-19-20-22(17)15-10-5-4-8-13(15)2/h4-5,8,10,14H,3,6-7,9,11-12H2,1-2H3/t14-/m1/s1. The van der Waals surface area contributed by atoms with E-state index in [1.54, 1.807) is 4.68 Å². The first kappa shape index (κ1) is 17.0. The van der Waals surface area contributed by atoms with Gasteiger partial charge in [-0.05, 0) is 54.7 Å². The van der Waals surface area contributed by atoms with E-state index in [4.69, 9.17) is 0 Å². The SMILES string of the molecule is CC[C@@H]1CCCCN1C(=O)CSc1nnnn1-c1ccccc1C. The average molecular weight is 345 g/mol. The van der Waals surface area contributed by atoms with Gasteiger partial charge in [0.05, 0.1) is 11.4 Å². The average Bonchev–Trinajstić information content (AvgIpc) is 3.08. The van der Waals surface area contributed by atoms with E-state index in [2.05, 4.69) is 22.4 Å². The van der Waals surface area contributed by atoms with Gasteiger partial charge in [0.1, 0.15) is 0 Å². The molecule has 0 bridgehead atoms. The van der Waals surface area contributed by atoms with E-state index in [1.807, 2.05) is 36.1 Å². The van der Waals surface area contributed by atoms with Gasteiger partial charge in [-0.3, -0.25) is 4.79 Å². The monoisotopic (exact) mass is 345 g/mol. The summed E-state index contributed by atoms with van der Waals surface area (Å²) < 4.78 is 1.71. The van der Waals surface area contributed by atoms with Crippen LogP contribution in [0.15, 0.2) is 29.4 Å². The minimum Gasteiger partial charge on any atom is -0.339 e. The van der Waals surface area contributed by atoms with Crippen LogP contribution in [0.1, 0.15) is 38.2 Å². The van der Waals surface area contributed by atoms with Crippen LogP contribution in [0.25, 0.3) is 5.69 Å². The number of aromatic nitrogens is 4. The molecule has 24 heavy (non-hydrogen) atoms. The van der Waals surface area contributed by atoms with Gasteiger partial charge in [0.2, 0.25) is 11.1 Å². The minimum absolute atomic E-state index is 0.186. The van der Waals surface area contributed by atoms with Gasteiger partial charge in [0.15, 0.2) is 0 Å². The number of hydrogen-bond acceptors (Lipinski definition) is 5. The normalized spacial score (nSPS) is 17.9. The first-order valence-electron chi connectivity index (χ1n) is 8.47. The zero-order valence-corrected chi connectivity index (χ0v) is 15.0. The van der Waals surface area contributed by atoms with E-state index in [0.717, 1.165) is 37.1 Å². The first-order valence-corrected chi connectivity index (χ1v) is 9.46. The molecule has 0 aliphatic carbocycles. The summed E-state index contributed by atoms with van der Waals surface area (Å²) in [5.74, 6) is 0.564. The van der Waals surface area contributed by atoms with Crippen LogP contribution in [-0.2, 0) is 4.79 Å². The third kappa shape index (κ3) is 3.61. The van der Waals surface area contributed by atoms with E-state index in [1.165, 1.54) is 18.2 Å². The van der Waals surface area contributed by atoms with Crippen molar-refractivity contribution >= 4 is 17.7 Å². The molecule has 1 fully saturated rings. The molecule has 0 N–H and O–H groups in total. The third-order valence-electron chi connectivity index (χ3n) is 4.53. The highest BCUT2D eigenvalue weighted by Crippen LogP contribution is 2.24. The second kappa shape index (κ2) is 7.79. The molecule has 1 aliphatic rings. The van der Waals surface area contributed by atoms with Gasteiger partial charge >= 0.3 is 0 Å². The van der Waals surface area contributed by atoms with E-state index in [0.29, 0.717) is 17.0 Å². The molecular formula is C17H23N5OS. The first-order chi connectivity index (χ1) is 11.7. The number of thioether (sulfide) groups is 1. The van der Waals surface area contributed by atoms with Crippen LogP contribution in [-0.4, -0.2) is 49.4 Å². The number of carbonyl (C=O) groups is 1. The van der Waals surface area contributed by atoms with Crippen molar-refractivity contribution in [1.29, 1.82) is 0 Å². The van der Waals surface area contributed by atoms with E-state index in [9.17, 15) is 4.79 Å². The lowest BCUT2D eigenvalue weighted by Crippen LogP contribution is -2.44. The molecule has 128 valence electrons. The molecule has 0 unspecified atom stereocenters. The Balaban J connectivity index is 1.68. The molecule has 0 saturated carbocycles. The molecule has 0 spiro atoms. The van der Waals surface area contributed by atoms with Crippen molar-refractivity contribution in [2.24, 2.45) is 0 Å². The quantitative estimate of drug-likeness (QED) is 0.780. The fourth-order valence-electron chi connectivity index (χ4n) is 3.18. The Hall–Kier alpha value is -1.89. The molecule has 1 amide bonds. The summed E-state index contributed by atoms with van der Waals surface area (Å²) in [7, 11) is 0. The molecule has 1 atom stereocenters. The highest BCUT2D eigenvalue weighted by Gasteiger charge is 2.25. The Kier molecular flexibility index (Phi) is 5.50. The van der Waals surface area contributed by atoms with E-state index < -0.39 is 0 Å². The maximum Gasteiger partial charge on any atom is 0.233 e. The number of benzene rings is 1. The molecule has 6 nitrogen and oxygen atoms in total. The van der Waals surface area contributed by atoms with Crippen LogP contribution in [0.3, 0.4) is 0 Å². The largest absolute Gasteiger partial charge is 0.339 e. The van der Waals surface area contributed by atoms with Crippen LogP contribution in [0, 0.1) is 6.92 Å². The number of hydrogen-bond donors (Lipinski definition) is 0. The highest BCUT2D eigenvalue weighted by molar-refractivity contribution is 7.99. The van der Waals surface area contributed by atoms with Gasteiger partial charge in [-0.1, -0.05) is 36.9 Å². The second-order valence-corrected chi connectivity index (χ2v) is 7.04. The lowest BCUT2D eigenvalue weighted by atomic mass is 10.0. The smallest absolute Gasteiger partial charge is 0.233 e. The number of tetrazole rings is 1. The topological polar surface area (TPSA) is 63.9 Å². The van der Waals surface area contributed by atoms with Gasteiger partial charge < -0.3 is 4.90 Å². The van der Waals surface area contributed by atoms with E-state index >= 15 is 0 Å². The van der Waals surface area contributed by atoms with Crippen molar-refractivity contribution < 1.29 is 4.79 Å². The van der Waals surface area contributed by atoms with Crippen molar-refractivity contribution in [3.05, 3.63) is 29.8 Å². The van der Waals surface area contributed by atoms with Gasteiger partial charge in [0.25, 0.3) is 0 Å². The molecule has 2 aromatic rings. The van der Waals surface area contributed by atoms with Crippen molar-refractivity contribution in [3.8, 4) is 5.69 Å². The fourth-order valence-corrected chi connectivity index (χ4v) is 3.95. The molecule has 3 rings (SSSR count). The molecular weight excluding hydrogens is 322 g/mol. The summed E-state index contributed by atoms with van der Waals surface area (Å²) in [6.07, 6.45) is 4.47. The lowest BCUT2D eigenvalue weighted by molar-refractivity contribution is -0.132. The summed E-state index contributed by atoms with van der Waals surface area (Å²) in [4.78, 5) is 14.6. The van der Waals surface area contributed by atoms with Crippen LogP contribution in [0.2, 0.25) is 0 Å².